The molecular weight excluding hydrogens is 748 g/mol. The lowest BCUT2D eigenvalue weighted by Gasteiger charge is -2.25. The van der Waals surface area contributed by atoms with Gasteiger partial charge in [0.05, 0.1) is 46.2 Å². The molecule has 0 saturated heterocycles. The number of aliphatic hydroxyl groups is 1. The lowest BCUT2D eigenvalue weighted by Crippen LogP contribution is -2.54. The van der Waals surface area contributed by atoms with E-state index in [2.05, 4.69) is 50.8 Å². The van der Waals surface area contributed by atoms with Gasteiger partial charge in [-0.3, -0.25) is 14.4 Å². The monoisotopic (exact) mass is 804 g/mol. The molecule has 6 amide bonds. The van der Waals surface area contributed by atoms with Crippen LogP contribution in [0.1, 0.15) is 55.7 Å². The SMILES string of the molecule is CC(C)[C@H](NC(=O)CCOCCOCCOCCNC(=O)OCC1c2ccccc2-c2ccccc21)C(=O)N[C@@H](CCCNC(N)=O)C(=O)Nc1ccc(CO)cc1. The van der Waals surface area contributed by atoms with Gasteiger partial charge in [-0.2, -0.15) is 0 Å². The molecule has 3 aromatic carbocycles. The molecule has 2 atom stereocenters. The Bertz CT molecular complexity index is 1740. The van der Waals surface area contributed by atoms with E-state index in [4.69, 9.17) is 24.7 Å². The van der Waals surface area contributed by atoms with Crippen LogP contribution in [0.5, 0.6) is 0 Å². The van der Waals surface area contributed by atoms with Gasteiger partial charge >= 0.3 is 12.1 Å². The van der Waals surface area contributed by atoms with Crippen LogP contribution < -0.4 is 32.3 Å². The van der Waals surface area contributed by atoms with Crippen LogP contribution in [0.15, 0.2) is 72.8 Å². The minimum Gasteiger partial charge on any atom is -0.449 e. The first kappa shape index (κ1) is 45.2. The number of amides is 6. The lowest BCUT2D eigenvalue weighted by molar-refractivity contribution is -0.132. The fraction of sp³-hybridized carbons (Fsp3) is 0.452. The Morgan fingerprint density at radius 1 is 0.724 bits per heavy atom. The maximum Gasteiger partial charge on any atom is 0.407 e. The molecule has 314 valence electrons. The van der Waals surface area contributed by atoms with E-state index in [9.17, 15) is 29.1 Å². The van der Waals surface area contributed by atoms with Gasteiger partial charge in [0.25, 0.3) is 0 Å². The summed E-state index contributed by atoms with van der Waals surface area (Å²) in [5, 5.41) is 22.7. The summed E-state index contributed by atoms with van der Waals surface area (Å²) in [6, 6.07) is 20.3. The summed E-state index contributed by atoms with van der Waals surface area (Å²) >= 11 is 0. The van der Waals surface area contributed by atoms with Gasteiger partial charge in [0.2, 0.25) is 17.7 Å². The lowest BCUT2D eigenvalue weighted by atomic mass is 9.98. The van der Waals surface area contributed by atoms with E-state index < -0.39 is 41.9 Å². The van der Waals surface area contributed by atoms with Crippen molar-refractivity contribution in [3.63, 3.8) is 0 Å². The number of carbonyl (C=O) groups excluding carboxylic acids is 5. The number of hydrogen-bond acceptors (Lipinski definition) is 10. The maximum absolute atomic E-state index is 13.3. The Kier molecular flexibility index (Phi) is 18.9. The van der Waals surface area contributed by atoms with Crippen molar-refractivity contribution in [3.05, 3.63) is 89.5 Å². The zero-order valence-electron chi connectivity index (χ0n) is 33.1. The van der Waals surface area contributed by atoms with Crippen molar-refractivity contribution in [2.75, 3.05) is 64.7 Å². The van der Waals surface area contributed by atoms with Crippen molar-refractivity contribution in [1.29, 1.82) is 0 Å². The van der Waals surface area contributed by atoms with Crippen LogP contribution >= 0.6 is 0 Å². The fourth-order valence-electron chi connectivity index (χ4n) is 6.33. The predicted molar refractivity (Wildman–Crippen MR) is 217 cm³/mol. The van der Waals surface area contributed by atoms with Crippen LogP contribution in [0, 0.1) is 5.92 Å². The second-order valence-electron chi connectivity index (χ2n) is 14.0. The highest BCUT2D eigenvalue weighted by atomic mass is 16.6. The summed E-state index contributed by atoms with van der Waals surface area (Å²) in [5.74, 6) is -1.72. The molecule has 58 heavy (non-hydrogen) atoms. The Morgan fingerprint density at radius 2 is 1.33 bits per heavy atom. The van der Waals surface area contributed by atoms with Crippen molar-refractivity contribution in [2.24, 2.45) is 11.7 Å². The minimum atomic E-state index is -0.975. The quantitative estimate of drug-likeness (QED) is 0.0619. The molecule has 3 aromatic rings. The number of anilines is 1. The molecule has 1 aliphatic rings. The van der Waals surface area contributed by atoms with Gasteiger partial charge in [0, 0.05) is 31.1 Å². The normalized spacial score (nSPS) is 12.8. The third kappa shape index (κ3) is 14.8. The fourth-order valence-corrected chi connectivity index (χ4v) is 6.33. The van der Waals surface area contributed by atoms with E-state index >= 15 is 0 Å². The standard InChI is InChI=1S/C42H56N6O10/c1-28(2)38(40(52)47-36(12-7-18-44-41(43)53)39(51)46-30-15-13-29(26-49)14-16-30)48-37(50)17-20-55-22-24-57-25-23-56-21-19-45-42(54)58-27-35-33-10-5-3-8-31(33)32-9-4-6-11-34(32)35/h3-6,8-11,13-16,28,35-36,38,49H,7,12,17-27H2,1-2H3,(H,45,54)(H,46,51)(H,47,52)(H,48,50)(H3,43,44,53)/t36-,38-/m0/s1. The molecule has 0 bridgehead atoms. The molecule has 0 fully saturated rings. The Labute approximate surface area is 338 Å². The van der Waals surface area contributed by atoms with Crippen LogP contribution in [0.3, 0.4) is 0 Å². The van der Waals surface area contributed by atoms with Crippen molar-refractivity contribution in [1.82, 2.24) is 21.3 Å². The Morgan fingerprint density at radius 3 is 1.93 bits per heavy atom. The van der Waals surface area contributed by atoms with Crippen molar-refractivity contribution in [3.8, 4) is 11.1 Å². The third-order valence-corrected chi connectivity index (χ3v) is 9.35. The average molecular weight is 805 g/mol. The molecule has 4 rings (SSSR count). The summed E-state index contributed by atoms with van der Waals surface area (Å²) in [7, 11) is 0. The first-order valence-corrected chi connectivity index (χ1v) is 19.5. The van der Waals surface area contributed by atoms with Crippen LogP contribution in [-0.4, -0.2) is 106 Å². The summed E-state index contributed by atoms with van der Waals surface area (Å²) in [5.41, 5.74) is 10.9. The molecule has 16 heteroatoms. The zero-order chi connectivity index (χ0) is 41.7. The maximum atomic E-state index is 13.3. The molecule has 8 N–H and O–H groups in total. The zero-order valence-corrected chi connectivity index (χ0v) is 33.1. The molecule has 1 aliphatic carbocycles. The van der Waals surface area contributed by atoms with E-state index in [1.54, 1.807) is 38.1 Å². The van der Waals surface area contributed by atoms with Crippen molar-refractivity contribution >= 4 is 35.5 Å². The van der Waals surface area contributed by atoms with Gasteiger partial charge in [-0.15, -0.1) is 0 Å². The molecule has 0 aliphatic heterocycles. The highest BCUT2D eigenvalue weighted by Gasteiger charge is 2.30. The third-order valence-electron chi connectivity index (χ3n) is 9.35. The number of hydrogen-bond donors (Lipinski definition) is 7. The van der Waals surface area contributed by atoms with E-state index in [0.29, 0.717) is 30.9 Å². The highest BCUT2D eigenvalue weighted by molar-refractivity contribution is 5.98. The number of nitrogens with two attached hydrogens (primary N) is 1. The number of nitrogens with one attached hydrogen (secondary N) is 5. The smallest absolute Gasteiger partial charge is 0.407 e. The summed E-state index contributed by atoms with van der Waals surface area (Å²) in [6.45, 7) is 5.69. The Balaban J connectivity index is 1.05. The number of fused-ring (bicyclic) bond motifs is 3. The van der Waals surface area contributed by atoms with Crippen molar-refractivity contribution < 1.29 is 48.0 Å². The molecule has 0 spiro atoms. The van der Waals surface area contributed by atoms with Gasteiger partial charge in [-0.05, 0) is 58.7 Å². The number of aliphatic hydroxyl groups excluding tert-OH is 1. The summed E-state index contributed by atoms with van der Waals surface area (Å²) < 4.78 is 22.1. The van der Waals surface area contributed by atoms with Crippen molar-refractivity contribution in [2.45, 2.75) is 57.7 Å². The molecular formula is C42H56N6O10. The first-order chi connectivity index (χ1) is 28.1. The van der Waals surface area contributed by atoms with Gasteiger partial charge in [-0.25, -0.2) is 9.59 Å². The first-order valence-electron chi connectivity index (χ1n) is 19.5. The predicted octanol–water partition coefficient (Wildman–Crippen LogP) is 3.17. The van der Waals surface area contributed by atoms with E-state index in [1.165, 1.54) is 11.1 Å². The van der Waals surface area contributed by atoms with E-state index in [1.807, 2.05) is 24.3 Å². The molecule has 0 radical (unpaired) electrons. The van der Waals surface area contributed by atoms with Crippen LogP contribution in [0.2, 0.25) is 0 Å². The van der Waals surface area contributed by atoms with Crippen LogP contribution in [0.25, 0.3) is 11.1 Å². The number of rotatable bonds is 25. The molecule has 16 nitrogen and oxygen atoms in total. The van der Waals surface area contributed by atoms with Gasteiger partial charge in [0.1, 0.15) is 18.7 Å². The van der Waals surface area contributed by atoms with Crippen LogP contribution in [0.4, 0.5) is 15.3 Å². The average Bonchev–Trinajstić information content (AvgIpc) is 3.53. The minimum absolute atomic E-state index is 0.00280. The Hall–Kier alpha value is -5.55. The number of primary amides is 1. The second-order valence-corrected chi connectivity index (χ2v) is 14.0. The molecule has 0 heterocycles. The summed E-state index contributed by atoms with van der Waals surface area (Å²) in [4.78, 5) is 62.6. The van der Waals surface area contributed by atoms with Gasteiger partial charge in [0.15, 0.2) is 0 Å². The number of ether oxygens (including phenoxy) is 4. The molecule has 0 aromatic heterocycles. The number of benzene rings is 3. The largest absolute Gasteiger partial charge is 0.449 e. The topological polar surface area (TPSA) is 229 Å². The second kappa shape index (κ2) is 24.3. The van der Waals surface area contributed by atoms with Gasteiger partial charge < -0.3 is 56.4 Å². The molecule has 0 saturated carbocycles. The highest BCUT2D eigenvalue weighted by Crippen LogP contribution is 2.44. The molecule has 0 unspecified atom stereocenters. The van der Waals surface area contributed by atoms with Gasteiger partial charge in [-0.1, -0.05) is 74.5 Å². The number of urea groups is 1. The summed E-state index contributed by atoms with van der Waals surface area (Å²) in [6.07, 6.45) is 0.0351. The number of carbonyl (C=O) groups is 5. The number of alkyl carbamates (subject to hydrolysis) is 1. The van der Waals surface area contributed by atoms with E-state index in [-0.39, 0.29) is 77.4 Å². The van der Waals surface area contributed by atoms with Crippen LogP contribution in [-0.2, 0) is 39.9 Å². The van der Waals surface area contributed by atoms with E-state index in [0.717, 1.165) is 11.1 Å².